The van der Waals surface area contributed by atoms with E-state index in [0.717, 1.165) is 17.7 Å². The fourth-order valence-corrected chi connectivity index (χ4v) is 3.06. The third kappa shape index (κ3) is 3.23. The normalized spacial score (nSPS) is 23.7. The number of piperidine rings is 1. The van der Waals surface area contributed by atoms with E-state index >= 15 is 0 Å². The summed E-state index contributed by atoms with van der Waals surface area (Å²) in [5.41, 5.74) is 0. The van der Waals surface area contributed by atoms with Gasteiger partial charge in [-0.2, -0.15) is 0 Å². The SMILES string of the molecule is CC1CCCN(C(=O)/C=C/c2cccs2)C1C(=O)O. The lowest BCUT2D eigenvalue weighted by atomic mass is 9.90. The molecule has 0 aliphatic carbocycles. The van der Waals surface area contributed by atoms with Crippen LogP contribution in [0.15, 0.2) is 23.6 Å². The second-order valence-electron chi connectivity index (χ2n) is 4.78. The Morgan fingerprint density at radius 1 is 1.53 bits per heavy atom. The van der Waals surface area contributed by atoms with Gasteiger partial charge in [-0.25, -0.2) is 4.79 Å². The standard InChI is InChI=1S/C14H17NO3S/c1-10-4-2-8-15(13(10)14(17)18)12(16)7-6-11-5-3-9-19-11/h3,5-7,9-10,13H,2,4,8H2,1H3,(H,17,18)/b7-6+. The third-order valence-corrected chi connectivity index (χ3v) is 4.24. The zero-order chi connectivity index (χ0) is 13.8. The van der Waals surface area contributed by atoms with Crippen molar-refractivity contribution in [1.29, 1.82) is 0 Å². The van der Waals surface area contributed by atoms with E-state index in [0.29, 0.717) is 6.54 Å². The van der Waals surface area contributed by atoms with Crippen LogP contribution in [0.3, 0.4) is 0 Å². The Balaban J connectivity index is 2.10. The summed E-state index contributed by atoms with van der Waals surface area (Å²) in [6, 6.07) is 3.13. The Morgan fingerprint density at radius 3 is 2.95 bits per heavy atom. The van der Waals surface area contributed by atoms with Gasteiger partial charge in [-0.15, -0.1) is 11.3 Å². The van der Waals surface area contributed by atoms with Gasteiger partial charge >= 0.3 is 5.97 Å². The van der Waals surface area contributed by atoms with E-state index in [4.69, 9.17) is 0 Å². The maximum atomic E-state index is 12.1. The largest absolute Gasteiger partial charge is 0.480 e. The molecule has 0 saturated carbocycles. The molecule has 0 bridgehead atoms. The molecule has 4 nitrogen and oxygen atoms in total. The molecule has 1 aromatic heterocycles. The second-order valence-corrected chi connectivity index (χ2v) is 5.76. The fraction of sp³-hybridized carbons (Fsp3) is 0.429. The first kappa shape index (κ1) is 13.8. The zero-order valence-corrected chi connectivity index (χ0v) is 11.6. The van der Waals surface area contributed by atoms with Crippen LogP contribution in [-0.4, -0.2) is 34.5 Å². The number of hydrogen-bond acceptors (Lipinski definition) is 3. The molecule has 0 aromatic carbocycles. The smallest absolute Gasteiger partial charge is 0.326 e. The van der Waals surface area contributed by atoms with E-state index in [9.17, 15) is 14.7 Å². The van der Waals surface area contributed by atoms with Crippen molar-refractivity contribution in [1.82, 2.24) is 4.90 Å². The van der Waals surface area contributed by atoms with E-state index in [1.165, 1.54) is 11.0 Å². The van der Waals surface area contributed by atoms with Gasteiger partial charge in [-0.05, 0) is 36.3 Å². The van der Waals surface area contributed by atoms with Crippen LogP contribution in [0.2, 0.25) is 0 Å². The molecule has 102 valence electrons. The van der Waals surface area contributed by atoms with Crippen LogP contribution in [0.25, 0.3) is 6.08 Å². The summed E-state index contributed by atoms with van der Waals surface area (Å²) in [5.74, 6) is -1.12. The van der Waals surface area contributed by atoms with Crippen LogP contribution in [0.5, 0.6) is 0 Å². The van der Waals surface area contributed by atoms with Gasteiger partial charge in [0.15, 0.2) is 0 Å². The highest BCUT2D eigenvalue weighted by Gasteiger charge is 2.36. The first-order chi connectivity index (χ1) is 9.09. The Morgan fingerprint density at radius 2 is 2.32 bits per heavy atom. The van der Waals surface area contributed by atoms with Crippen molar-refractivity contribution in [2.45, 2.75) is 25.8 Å². The number of carboxylic acids is 1. The van der Waals surface area contributed by atoms with Crippen LogP contribution in [0.1, 0.15) is 24.6 Å². The van der Waals surface area contributed by atoms with E-state index < -0.39 is 12.0 Å². The molecule has 19 heavy (non-hydrogen) atoms. The lowest BCUT2D eigenvalue weighted by molar-refractivity contribution is -0.152. The molecule has 1 aliphatic rings. The number of nitrogens with zero attached hydrogens (tertiary/aromatic N) is 1. The predicted octanol–water partition coefficient (Wildman–Crippen LogP) is 2.47. The van der Waals surface area contributed by atoms with Crippen molar-refractivity contribution in [2.24, 2.45) is 5.92 Å². The number of aliphatic carboxylic acids is 1. The van der Waals surface area contributed by atoms with Crippen molar-refractivity contribution in [3.63, 3.8) is 0 Å². The minimum Gasteiger partial charge on any atom is -0.480 e. The van der Waals surface area contributed by atoms with Gasteiger partial charge in [-0.1, -0.05) is 13.0 Å². The lowest BCUT2D eigenvalue weighted by Crippen LogP contribution is -2.51. The highest BCUT2D eigenvalue weighted by atomic mass is 32.1. The summed E-state index contributed by atoms with van der Waals surface area (Å²) in [6.45, 7) is 2.41. The van der Waals surface area contributed by atoms with Crippen LogP contribution in [0, 0.1) is 5.92 Å². The average Bonchev–Trinajstić information content (AvgIpc) is 2.88. The lowest BCUT2D eigenvalue weighted by Gasteiger charge is -2.36. The Hall–Kier alpha value is -1.62. The van der Waals surface area contributed by atoms with Crippen molar-refractivity contribution < 1.29 is 14.7 Å². The number of hydrogen-bond donors (Lipinski definition) is 1. The minimum atomic E-state index is -0.912. The van der Waals surface area contributed by atoms with Crippen molar-refractivity contribution in [3.05, 3.63) is 28.5 Å². The highest BCUT2D eigenvalue weighted by molar-refractivity contribution is 7.10. The molecule has 0 spiro atoms. The van der Waals surface area contributed by atoms with Gasteiger partial charge in [0.1, 0.15) is 6.04 Å². The molecule has 2 unspecified atom stereocenters. The number of carboxylic acid groups (broad SMARTS) is 1. The molecule has 1 saturated heterocycles. The molecule has 1 aliphatic heterocycles. The van der Waals surface area contributed by atoms with E-state index in [-0.39, 0.29) is 11.8 Å². The molecule has 1 N–H and O–H groups in total. The van der Waals surface area contributed by atoms with Crippen molar-refractivity contribution in [2.75, 3.05) is 6.54 Å². The van der Waals surface area contributed by atoms with E-state index in [2.05, 4.69) is 0 Å². The summed E-state index contributed by atoms with van der Waals surface area (Å²) in [4.78, 5) is 25.9. The topological polar surface area (TPSA) is 57.6 Å². The van der Waals surface area contributed by atoms with Gasteiger partial charge < -0.3 is 10.0 Å². The zero-order valence-electron chi connectivity index (χ0n) is 10.8. The van der Waals surface area contributed by atoms with E-state index in [1.807, 2.05) is 24.4 Å². The van der Waals surface area contributed by atoms with Gasteiger partial charge in [0.25, 0.3) is 0 Å². The summed E-state index contributed by atoms with van der Waals surface area (Å²) in [6.07, 6.45) is 4.93. The summed E-state index contributed by atoms with van der Waals surface area (Å²) < 4.78 is 0. The van der Waals surface area contributed by atoms with Crippen molar-refractivity contribution in [3.8, 4) is 0 Å². The Labute approximate surface area is 116 Å². The van der Waals surface area contributed by atoms with Gasteiger partial charge in [0.2, 0.25) is 5.91 Å². The molecule has 2 atom stereocenters. The molecule has 2 rings (SSSR count). The number of amides is 1. The molecule has 2 heterocycles. The third-order valence-electron chi connectivity index (χ3n) is 3.40. The van der Waals surface area contributed by atoms with Crippen LogP contribution in [-0.2, 0) is 9.59 Å². The maximum Gasteiger partial charge on any atom is 0.326 e. The van der Waals surface area contributed by atoms with Gasteiger partial charge in [-0.3, -0.25) is 4.79 Å². The number of carbonyl (C=O) groups excluding carboxylic acids is 1. The molecule has 5 heteroatoms. The van der Waals surface area contributed by atoms with Crippen LogP contribution < -0.4 is 0 Å². The summed E-state index contributed by atoms with van der Waals surface area (Å²) in [5, 5.41) is 11.2. The number of rotatable bonds is 3. The molecule has 0 radical (unpaired) electrons. The summed E-state index contributed by atoms with van der Waals surface area (Å²) >= 11 is 1.55. The quantitative estimate of drug-likeness (QED) is 0.865. The van der Waals surface area contributed by atoms with Gasteiger partial charge in [0.05, 0.1) is 0 Å². The predicted molar refractivity (Wildman–Crippen MR) is 74.9 cm³/mol. The average molecular weight is 279 g/mol. The molecule has 1 fully saturated rings. The number of thiophene rings is 1. The molecule has 1 aromatic rings. The van der Waals surface area contributed by atoms with E-state index in [1.54, 1.807) is 17.4 Å². The minimum absolute atomic E-state index is 0.00494. The second kappa shape index (κ2) is 6.02. The molecule has 1 amide bonds. The Bertz CT molecular complexity index is 481. The number of likely N-dealkylation sites (tertiary alicyclic amines) is 1. The van der Waals surface area contributed by atoms with Crippen LogP contribution >= 0.6 is 11.3 Å². The van der Waals surface area contributed by atoms with Gasteiger partial charge in [0, 0.05) is 17.5 Å². The molecular weight excluding hydrogens is 262 g/mol. The fourth-order valence-electron chi connectivity index (χ4n) is 2.45. The number of carbonyl (C=O) groups is 2. The first-order valence-electron chi connectivity index (χ1n) is 6.34. The maximum absolute atomic E-state index is 12.1. The van der Waals surface area contributed by atoms with Crippen LogP contribution in [0.4, 0.5) is 0 Å². The molecular formula is C14H17NO3S. The first-order valence-corrected chi connectivity index (χ1v) is 7.22. The monoisotopic (exact) mass is 279 g/mol. The van der Waals surface area contributed by atoms with Crippen molar-refractivity contribution >= 4 is 29.3 Å². The Kier molecular flexibility index (Phi) is 4.37. The highest BCUT2D eigenvalue weighted by Crippen LogP contribution is 2.24. The summed E-state index contributed by atoms with van der Waals surface area (Å²) in [7, 11) is 0.